The van der Waals surface area contributed by atoms with Gasteiger partial charge in [-0.1, -0.05) is 29.8 Å². The number of hydrogen-bond acceptors (Lipinski definition) is 5. The molecule has 8 heteroatoms. The summed E-state index contributed by atoms with van der Waals surface area (Å²) in [6.07, 6.45) is 2.82. The molecule has 30 heavy (non-hydrogen) atoms. The number of alkyl halides is 3. The van der Waals surface area contributed by atoms with Gasteiger partial charge in [-0.15, -0.1) is 0 Å². The van der Waals surface area contributed by atoms with Gasteiger partial charge < -0.3 is 4.52 Å². The zero-order chi connectivity index (χ0) is 21.0. The van der Waals surface area contributed by atoms with Gasteiger partial charge in [0.25, 0.3) is 0 Å². The molecule has 1 atom stereocenters. The Morgan fingerprint density at radius 2 is 1.90 bits per heavy atom. The molecule has 0 aliphatic carbocycles. The molecule has 1 aliphatic rings. The third-order valence-corrected chi connectivity index (χ3v) is 5.49. The first-order chi connectivity index (χ1) is 14.5. The highest BCUT2D eigenvalue weighted by atomic mass is 19.4. The molecule has 1 fully saturated rings. The second-order valence-corrected chi connectivity index (χ2v) is 7.57. The van der Waals surface area contributed by atoms with Crippen LogP contribution in [0.25, 0.3) is 11.4 Å². The average Bonchev–Trinajstić information content (AvgIpc) is 3.22. The summed E-state index contributed by atoms with van der Waals surface area (Å²) in [7, 11) is 0. The van der Waals surface area contributed by atoms with Gasteiger partial charge in [-0.2, -0.15) is 18.2 Å². The predicted molar refractivity (Wildman–Crippen MR) is 105 cm³/mol. The molecule has 0 saturated carbocycles. The molecule has 0 radical (unpaired) electrons. The number of pyridine rings is 1. The minimum atomic E-state index is -4.36. The highest BCUT2D eigenvalue weighted by Gasteiger charge is 2.30. The molecule has 0 spiro atoms. The van der Waals surface area contributed by atoms with E-state index in [0.29, 0.717) is 29.9 Å². The SMILES string of the molecule is FC(F)(F)c1ccc(-c2noc(CN3CCCC[C@@H]3CCc3ccccn3)n2)cc1. The first kappa shape index (κ1) is 20.5. The normalized spacial score (nSPS) is 17.9. The Bertz CT molecular complexity index is 941. The van der Waals surface area contributed by atoms with Crippen molar-refractivity contribution in [3.8, 4) is 11.4 Å². The molecule has 0 N–H and O–H groups in total. The summed E-state index contributed by atoms with van der Waals surface area (Å²) in [5, 5.41) is 3.96. The summed E-state index contributed by atoms with van der Waals surface area (Å²) in [5.74, 6) is 0.787. The molecule has 5 nitrogen and oxygen atoms in total. The third-order valence-electron chi connectivity index (χ3n) is 5.49. The molecule has 4 rings (SSSR count). The summed E-state index contributed by atoms with van der Waals surface area (Å²) in [4.78, 5) is 11.2. The Kier molecular flexibility index (Phi) is 6.13. The van der Waals surface area contributed by atoms with Crippen molar-refractivity contribution in [3.05, 3.63) is 65.8 Å². The molecule has 1 aliphatic heterocycles. The number of aromatic nitrogens is 3. The summed E-state index contributed by atoms with van der Waals surface area (Å²) in [6.45, 7) is 1.51. The van der Waals surface area contributed by atoms with Gasteiger partial charge in [0.2, 0.25) is 11.7 Å². The van der Waals surface area contributed by atoms with Gasteiger partial charge >= 0.3 is 6.18 Å². The van der Waals surface area contributed by atoms with Crippen molar-refractivity contribution < 1.29 is 17.7 Å². The molecule has 0 bridgehead atoms. The highest BCUT2D eigenvalue weighted by Crippen LogP contribution is 2.30. The van der Waals surface area contributed by atoms with E-state index in [4.69, 9.17) is 4.52 Å². The number of aryl methyl sites for hydroxylation is 1. The van der Waals surface area contributed by atoms with E-state index < -0.39 is 11.7 Å². The molecular weight excluding hydrogens is 393 g/mol. The van der Waals surface area contributed by atoms with Crippen LogP contribution in [0.15, 0.2) is 53.2 Å². The van der Waals surface area contributed by atoms with Crippen LogP contribution in [0.3, 0.4) is 0 Å². The van der Waals surface area contributed by atoms with Crippen LogP contribution in [0.4, 0.5) is 13.2 Å². The standard InChI is InChI=1S/C22H23F3N4O/c23-22(24,25)17-9-7-16(8-10-17)21-27-20(30-28-21)15-29-14-4-2-6-19(29)12-11-18-5-1-3-13-26-18/h1,3,5,7-10,13,19H,2,4,6,11-12,14-15H2/t19-/m1/s1. The van der Waals surface area contributed by atoms with Crippen LogP contribution in [-0.2, 0) is 19.1 Å². The van der Waals surface area contributed by atoms with Gasteiger partial charge in [0.05, 0.1) is 12.1 Å². The van der Waals surface area contributed by atoms with E-state index in [9.17, 15) is 13.2 Å². The molecule has 3 aromatic rings. The van der Waals surface area contributed by atoms with Crippen LogP contribution in [0, 0.1) is 0 Å². The topological polar surface area (TPSA) is 55.1 Å². The van der Waals surface area contributed by atoms with Gasteiger partial charge in [0.1, 0.15) is 0 Å². The van der Waals surface area contributed by atoms with Crippen LogP contribution in [0.2, 0.25) is 0 Å². The Morgan fingerprint density at radius 1 is 1.07 bits per heavy atom. The van der Waals surface area contributed by atoms with Crippen LogP contribution in [0.5, 0.6) is 0 Å². The van der Waals surface area contributed by atoms with Crippen LogP contribution >= 0.6 is 0 Å². The highest BCUT2D eigenvalue weighted by molar-refractivity contribution is 5.54. The molecule has 3 heterocycles. The number of halogens is 3. The minimum absolute atomic E-state index is 0.306. The Labute approximate surface area is 172 Å². The van der Waals surface area contributed by atoms with Crippen molar-refractivity contribution in [3.63, 3.8) is 0 Å². The second kappa shape index (κ2) is 8.95. The fourth-order valence-electron chi connectivity index (χ4n) is 3.87. The number of likely N-dealkylation sites (tertiary alicyclic amines) is 1. The quantitative estimate of drug-likeness (QED) is 0.557. The van der Waals surface area contributed by atoms with Gasteiger partial charge in [0, 0.05) is 23.5 Å². The van der Waals surface area contributed by atoms with E-state index in [2.05, 4.69) is 20.0 Å². The number of piperidine rings is 1. The molecule has 0 unspecified atom stereocenters. The zero-order valence-corrected chi connectivity index (χ0v) is 16.5. The van der Waals surface area contributed by atoms with E-state index in [-0.39, 0.29) is 0 Å². The van der Waals surface area contributed by atoms with Crippen molar-refractivity contribution >= 4 is 0 Å². The molecular formula is C22H23F3N4O. The third kappa shape index (κ3) is 5.05. The second-order valence-electron chi connectivity index (χ2n) is 7.57. The van der Waals surface area contributed by atoms with Gasteiger partial charge in [-0.3, -0.25) is 9.88 Å². The van der Waals surface area contributed by atoms with Crippen LogP contribution in [-0.4, -0.2) is 32.6 Å². The maximum Gasteiger partial charge on any atom is 0.416 e. The maximum atomic E-state index is 12.7. The zero-order valence-electron chi connectivity index (χ0n) is 16.5. The lowest BCUT2D eigenvalue weighted by Crippen LogP contribution is -2.39. The maximum absolute atomic E-state index is 12.7. The summed E-state index contributed by atoms with van der Waals surface area (Å²) in [5.41, 5.74) is 0.896. The number of hydrogen-bond donors (Lipinski definition) is 0. The molecule has 1 saturated heterocycles. The fourth-order valence-corrected chi connectivity index (χ4v) is 3.87. The van der Waals surface area contributed by atoms with Crippen molar-refractivity contribution in [1.82, 2.24) is 20.0 Å². The predicted octanol–water partition coefficient (Wildman–Crippen LogP) is 5.14. The van der Waals surface area contributed by atoms with E-state index in [1.165, 1.54) is 18.6 Å². The van der Waals surface area contributed by atoms with Crippen molar-refractivity contribution in [2.45, 2.75) is 50.9 Å². The lowest BCUT2D eigenvalue weighted by molar-refractivity contribution is -0.137. The monoisotopic (exact) mass is 416 g/mol. The first-order valence-corrected chi connectivity index (χ1v) is 10.1. The average molecular weight is 416 g/mol. The molecule has 0 amide bonds. The van der Waals surface area contributed by atoms with E-state index in [1.807, 2.05) is 24.4 Å². The van der Waals surface area contributed by atoms with Crippen LogP contribution in [0.1, 0.15) is 42.8 Å². The van der Waals surface area contributed by atoms with E-state index >= 15 is 0 Å². The first-order valence-electron chi connectivity index (χ1n) is 10.1. The minimum Gasteiger partial charge on any atom is -0.338 e. The Balaban J connectivity index is 1.40. The van der Waals surface area contributed by atoms with E-state index in [1.54, 1.807) is 0 Å². The number of rotatable bonds is 6. The molecule has 158 valence electrons. The number of nitrogens with zero attached hydrogens (tertiary/aromatic N) is 4. The van der Waals surface area contributed by atoms with Crippen molar-refractivity contribution in [1.29, 1.82) is 0 Å². The van der Waals surface area contributed by atoms with Gasteiger partial charge in [0.15, 0.2) is 0 Å². The lowest BCUT2D eigenvalue weighted by atomic mass is 9.97. The summed E-state index contributed by atoms with van der Waals surface area (Å²) in [6, 6.07) is 11.2. The lowest BCUT2D eigenvalue weighted by Gasteiger charge is -2.34. The Morgan fingerprint density at radius 3 is 2.63 bits per heavy atom. The van der Waals surface area contributed by atoms with Crippen LogP contribution < -0.4 is 0 Å². The summed E-state index contributed by atoms with van der Waals surface area (Å²) >= 11 is 0. The van der Waals surface area contributed by atoms with Crippen molar-refractivity contribution in [2.24, 2.45) is 0 Å². The number of benzene rings is 1. The fraction of sp³-hybridized carbons (Fsp3) is 0.409. The Hall–Kier alpha value is -2.74. The van der Waals surface area contributed by atoms with Gasteiger partial charge in [-0.25, -0.2) is 0 Å². The van der Waals surface area contributed by atoms with Crippen molar-refractivity contribution in [2.75, 3.05) is 6.54 Å². The van der Waals surface area contributed by atoms with E-state index in [0.717, 1.165) is 50.1 Å². The smallest absolute Gasteiger partial charge is 0.338 e. The summed E-state index contributed by atoms with van der Waals surface area (Å²) < 4.78 is 43.6. The molecule has 1 aromatic carbocycles. The largest absolute Gasteiger partial charge is 0.416 e. The molecule has 2 aromatic heterocycles. The van der Waals surface area contributed by atoms with Gasteiger partial charge in [-0.05, 0) is 56.5 Å².